The molecule has 32 atom stereocenters. The van der Waals surface area contributed by atoms with Gasteiger partial charge in [-0.1, -0.05) is 219 Å². The zero-order valence-electron chi connectivity index (χ0n) is 83.4. The van der Waals surface area contributed by atoms with E-state index in [2.05, 4.69) is 195 Å². The molecule has 0 bridgehead atoms. The van der Waals surface area contributed by atoms with Gasteiger partial charge in [-0.05, 0) is 458 Å². The molecule has 6 heteroatoms. The highest BCUT2D eigenvalue weighted by molar-refractivity contribution is 5.41. The van der Waals surface area contributed by atoms with Crippen molar-refractivity contribution in [3.8, 4) is 0 Å². The summed E-state index contributed by atoms with van der Waals surface area (Å²) in [6.45, 7) is 61.9. The molecule has 13 fully saturated rings. The van der Waals surface area contributed by atoms with Crippen molar-refractivity contribution in [1.29, 1.82) is 0 Å². The predicted molar refractivity (Wildman–Crippen MR) is 509 cm³/mol. The van der Waals surface area contributed by atoms with Crippen LogP contribution in [0.2, 0.25) is 0 Å². The van der Waals surface area contributed by atoms with Crippen LogP contribution in [0.15, 0.2) is 81.5 Å². The number of aliphatic hydroxyl groups is 6. The third-order valence-electron chi connectivity index (χ3n) is 45.0. The van der Waals surface area contributed by atoms with E-state index in [1.807, 2.05) is 38.8 Å². The smallest absolute Gasteiger partial charge is 0.0651 e. The van der Waals surface area contributed by atoms with Crippen molar-refractivity contribution in [2.75, 3.05) is 0 Å². The number of rotatable bonds is 17. The second-order valence-electron chi connectivity index (χ2n) is 52.7. The van der Waals surface area contributed by atoms with E-state index in [1.165, 1.54) is 209 Å². The molecule has 3 unspecified atom stereocenters. The fourth-order valence-electron chi connectivity index (χ4n) is 36.9. The molecule has 2 spiro atoms. The normalized spacial score (nSPS) is 46.8. The minimum atomic E-state index is -0.656. The van der Waals surface area contributed by atoms with E-state index in [9.17, 15) is 30.6 Å². The molecule has 0 saturated heterocycles. The third kappa shape index (κ3) is 16.1. The minimum absolute atomic E-state index is 0.0465. The summed E-state index contributed by atoms with van der Waals surface area (Å²) in [5.74, 6) is 12.9. The van der Waals surface area contributed by atoms with Crippen molar-refractivity contribution in [3.63, 3.8) is 0 Å². The molecule has 17 rings (SSSR count). The fourth-order valence-corrected chi connectivity index (χ4v) is 36.9. The van der Waals surface area contributed by atoms with Gasteiger partial charge in [-0.25, -0.2) is 0 Å². The Morgan fingerprint density at radius 2 is 1.02 bits per heavy atom. The Hall–Kier alpha value is -2.06. The lowest BCUT2D eigenvalue weighted by molar-refractivity contribution is -0.161. The maximum absolute atomic E-state index is 10.8. The molecule has 0 aliphatic heterocycles. The van der Waals surface area contributed by atoms with Gasteiger partial charge in [0.25, 0.3) is 0 Å². The molecule has 0 heterocycles. The summed E-state index contributed by atoms with van der Waals surface area (Å²) < 4.78 is 0. The molecule has 17 aliphatic carbocycles. The van der Waals surface area contributed by atoms with Crippen LogP contribution in [0.25, 0.3) is 0 Å². The first-order valence-corrected chi connectivity index (χ1v) is 52.3. The summed E-state index contributed by atoms with van der Waals surface area (Å²) in [5, 5.41) is 62.4. The maximum Gasteiger partial charge on any atom is 0.0651 e. The zero-order valence-corrected chi connectivity index (χ0v) is 83.4. The van der Waals surface area contributed by atoms with Gasteiger partial charge in [-0.3, -0.25) is 0 Å². The van der Waals surface area contributed by atoms with Crippen LogP contribution >= 0.6 is 0 Å². The first-order chi connectivity index (χ1) is 56.3. The maximum atomic E-state index is 10.8. The van der Waals surface area contributed by atoms with Gasteiger partial charge in [0.05, 0.1) is 35.6 Å². The number of hydrogen-bond acceptors (Lipinski definition) is 6. The summed E-state index contributed by atoms with van der Waals surface area (Å²) in [6.07, 6.45) is 66.2. The Bertz CT molecular complexity index is 3900. The Morgan fingerprint density at radius 1 is 0.446 bits per heavy atom. The van der Waals surface area contributed by atoms with Crippen LogP contribution in [0.1, 0.15) is 430 Å². The largest absolute Gasteiger partial charge is 0.393 e. The van der Waals surface area contributed by atoms with Crippen LogP contribution in [-0.4, -0.2) is 66.3 Å². The predicted octanol–water partition coefficient (Wildman–Crippen LogP) is 29.6. The van der Waals surface area contributed by atoms with Gasteiger partial charge in [0, 0.05) is 5.92 Å². The van der Waals surface area contributed by atoms with Crippen molar-refractivity contribution in [3.05, 3.63) is 81.5 Å². The molecule has 0 radical (unpaired) electrons. The summed E-state index contributed by atoms with van der Waals surface area (Å²) >= 11 is 0. The van der Waals surface area contributed by atoms with Crippen molar-refractivity contribution in [1.82, 2.24) is 0 Å². The highest BCUT2D eigenvalue weighted by Crippen LogP contribution is 2.89. The van der Waals surface area contributed by atoms with E-state index in [4.69, 9.17) is 0 Å². The average Bonchev–Trinajstić information content (AvgIpc) is 1.46. The van der Waals surface area contributed by atoms with Crippen molar-refractivity contribution in [2.45, 2.75) is 466 Å². The molecule has 0 aromatic carbocycles. The van der Waals surface area contributed by atoms with Crippen LogP contribution in [-0.2, 0) is 0 Å². The van der Waals surface area contributed by atoms with E-state index in [-0.39, 0.29) is 46.6 Å². The highest BCUT2D eigenvalue weighted by Gasteiger charge is 2.82. The van der Waals surface area contributed by atoms with E-state index >= 15 is 0 Å². The molecule has 0 amide bonds. The monoisotopic (exact) mass is 1670 g/mol. The third-order valence-corrected chi connectivity index (χ3v) is 45.0. The molecular weight excluding hydrogens is 1480 g/mol. The summed E-state index contributed by atoms with van der Waals surface area (Å²) in [5.41, 5.74) is 15.5. The van der Waals surface area contributed by atoms with Crippen LogP contribution in [0.3, 0.4) is 0 Å². The summed E-state index contributed by atoms with van der Waals surface area (Å²) in [6, 6.07) is 0. The lowest BCUT2D eigenvalue weighted by Gasteiger charge is -2.63. The van der Waals surface area contributed by atoms with Gasteiger partial charge in [0.15, 0.2) is 0 Å². The highest BCUT2D eigenvalue weighted by atomic mass is 16.3. The molecule has 0 aromatic heterocycles. The first kappa shape index (κ1) is 95.0. The number of allylic oxidation sites excluding steroid dienone is 11. The fraction of sp³-hybridized carbons (Fsp3) is 0.878. The van der Waals surface area contributed by atoms with E-state index in [0.29, 0.717) is 77.8 Å². The number of fused-ring (bicyclic) bond motifs is 16. The first-order valence-electron chi connectivity index (χ1n) is 52.3. The van der Waals surface area contributed by atoms with Gasteiger partial charge in [-0.2, -0.15) is 0 Å². The van der Waals surface area contributed by atoms with Crippen LogP contribution < -0.4 is 0 Å². The topological polar surface area (TPSA) is 121 Å². The van der Waals surface area contributed by atoms with Crippen LogP contribution in [0.4, 0.5) is 0 Å². The molecule has 13 saturated carbocycles. The van der Waals surface area contributed by atoms with E-state index in [0.717, 1.165) is 129 Å². The minimum Gasteiger partial charge on any atom is -0.393 e. The lowest BCUT2D eigenvalue weighted by atomic mass is 9.41. The Labute approximate surface area is 744 Å². The number of aliphatic hydroxyl groups excluding tert-OH is 4. The SMILES string of the molecule is CC(C)=CCC[C@@H](C)C1CC[C@@]2(C)[C@@H]3CC[C@H]4C(C)(C)[C@@H](O)CC[C@]45C[C@]35CC[C@]12C.CC(C)=CCC[C@@H](C)[C@H]1CC[C@@]2(C)C3=C(CC[C@]12C)[C@@]1(C)CCC(O)C(C)(C)C1CC3.C[C@H](/C=C/[C@H](C)C(C)(C)O)[C@H]1CC[C@H]2C3=CC=C4C[C@@H](O)CC[C@]4(C)[C@H]3CC[C@]12C.C[C@H](CCCC(C)(C)O)[C@H]1CC[C@H]2[C@@H]3CC=C4C[C@@H](O)CC[C@]4(C)[C@H]3CC[C@]12C. The van der Waals surface area contributed by atoms with Crippen molar-refractivity contribution < 1.29 is 30.6 Å². The van der Waals surface area contributed by atoms with Gasteiger partial charge in [-0.15, -0.1) is 0 Å². The van der Waals surface area contributed by atoms with Crippen molar-refractivity contribution >= 4 is 0 Å². The molecule has 17 aliphatic rings. The Morgan fingerprint density at radius 3 is 1.66 bits per heavy atom. The van der Waals surface area contributed by atoms with Crippen molar-refractivity contribution in [2.24, 2.45) is 171 Å². The zero-order chi connectivity index (χ0) is 88.2. The summed E-state index contributed by atoms with van der Waals surface area (Å²) in [4.78, 5) is 0. The van der Waals surface area contributed by atoms with E-state index in [1.54, 1.807) is 11.1 Å². The molecule has 686 valence electrons. The quantitative estimate of drug-likeness (QED) is 0.0807. The van der Waals surface area contributed by atoms with Crippen LogP contribution in [0, 0.1) is 171 Å². The second-order valence-corrected chi connectivity index (χ2v) is 52.7. The Balaban J connectivity index is 0.000000132. The number of hydrogen-bond donors (Lipinski definition) is 6. The van der Waals surface area contributed by atoms with Gasteiger partial charge >= 0.3 is 0 Å². The molecular formula is C115H190O6. The van der Waals surface area contributed by atoms with Gasteiger partial charge in [0.2, 0.25) is 0 Å². The summed E-state index contributed by atoms with van der Waals surface area (Å²) in [7, 11) is 0. The van der Waals surface area contributed by atoms with Gasteiger partial charge < -0.3 is 30.6 Å². The molecule has 121 heavy (non-hydrogen) atoms. The van der Waals surface area contributed by atoms with E-state index < -0.39 is 11.2 Å². The molecule has 0 aromatic rings. The lowest BCUT2D eigenvalue weighted by Crippen LogP contribution is -2.57. The van der Waals surface area contributed by atoms with Gasteiger partial charge in [0.1, 0.15) is 0 Å². The Kier molecular flexibility index (Phi) is 26.7. The molecule has 6 nitrogen and oxygen atoms in total. The second kappa shape index (κ2) is 34.0. The molecule has 6 N–H and O–H groups in total. The average molecular weight is 1670 g/mol. The van der Waals surface area contributed by atoms with Crippen LogP contribution in [0.5, 0.6) is 0 Å². The standard InChI is InChI=1S/2C30H50O.C28H44O2.C27H46O2/c1-20(2)9-8-10-21(3)22-13-15-28(7)24-12-11-23-26(4,5)25(31)14-16-29(23)19-30(24,29)18-17-27(22,28)6;1-20(2)10-9-11-21(3)22-14-18-30(8)24-12-13-25-27(4,5)26(31)16-17-28(25,6)23(24)15-19-29(22,30)7;1-18(7-8-19(2)26(3,4)30)23-11-12-24-22-10-9-20-17-21(29)13-15-27(20,5)25(22)14-16-28(23,24)6;1-18(7-6-14-25(2,3)29)22-10-11-23-21-9-8-19-17-20(28)12-15-26(19,4)24(21)13-16-27(22,23)5/h9,21-25,31H,8,10-19H2,1-7H3;10,21-22,25-26,31H,9,11-19H2,1-8H3;7-10,18-19,21,23-25,29-30H,11-17H2,1-6H3;8,18,20-24,28-29H,6-7,9-17H2,1-5H3/b;;8-7+;/t21-,22?,23+,24+,25+,27-,28+,29+,30-;21-,22-,25?,26?,28-,29-,30+;18-,19+,21+,23-,24+,25+,27+,28-;18-,20+,21+,22-,23+,24+,26+,27-/m1111/s1.